The van der Waals surface area contributed by atoms with Crippen LogP contribution < -0.4 is 14.8 Å². The Balaban J connectivity index is 1.51. The van der Waals surface area contributed by atoms with E-state index >= 15 is 0 Å². The van der Waals surface area contributed by atoms with Crippen LogP contribution in [0.15, 0.2) is 83.0 Å². The summed E-state index contributed by atoms with van der Waals surface area (Å²) in [6.45, 7) is 2.01. The summed E-state index contributed by atoms with van der Waals surface area (Å²) < 4.78 is 33.0. The second-order valence-corrected chi connectivity index (χ2v) is 10.6. The van der Waals surface area contributed by atoms with Crippen molar-refractivity contribution in [3.05, 3.63) is 84.2 Å². The molecule has 2 aromatic carbocycles. The third-order valence-corrected chi connectivity index (χ3v) is 7.60. The number of hydrogen-bond acceptors (Lipinski definition) is 10. The van der Waals surface area contributed by atoms with Crippen LogP contribution in [0.25, 0.3) is 11.1 Å². The van der Waals surface area contributed by atoms with E-state index in [4.69, 9.17) is 4.74 Å². The van der Waals surface area contributed by atoms with Gasteiger partial charge in [-0.1, -0.05) is 42.1 Å². The van der Waals surface area contributed by atoms with Gasteiger partial charge in [-0.3, -0.25) is 4.79 Å². The molecule has 2 N–H and O–H groups in total. The summed E-state index contributed by atoms with van der Waals surface area (Å²) in [5, 5.41) is 22.7. The van der Waals surface area contributed by atoms with Crippen LogP contribution in [0.2, 0.25) is 0 Å². The van der Waals surface area contributed by atoms with Gasteiger partial charge in [0, 0.05) is 23.6 Å². The van der Waals surface area contributed by atoms with Gasteiger partial charge in [-0.2, -0.15) is 10.5 Å². The van der Waals surface area contributed by atoms with Gasteiger partial charge in [0.2, 0.25) is 17.7 Å². The molecule has 0 aliphatic rings. The van der Waals surface area contributed by atoms with E-state index in [-0.39, 0.29) is 45.2 Å². The van der Waals surface area contributed by atoms with E-state index in [1.165, 1.54) is 36.7 Å². The molecule has 4 aromatic rings. The maximum atomic E-state index is 12.7. The highest BCUT2D eigenvalue weighted by molar-refractivity contribution is 8.00. The first kappa shape index (κ1) is 28.0. The topological polar surface area (TPSA) is 171 Å². The summed E-state index contributed by atoms with van der Waals surface area (Å²) in [7, 11) is -3.92. The molecule has 4 rings (SSSR count). The van der Waals surface area contributed by atoms with E-state index in [1.54, 1.807) is 37.3 Å². The van der Waals surface area contributed by atoms with Crippen molar-refractivity contribution in [1.82, 2.24) is 15.0 Å². The zero-order valence-corrected chi connectivity index (χ0v) is 22.7. The van der Waals surface area contributed by atoms with Crippen molar-refractivity contribution in [2.75, 3.05) is 22.4 Å². The predicted molar refractivity (Wildman–Crippen MR) is 149 cm³/mol. The summed E-state index contributed by atoms with van der Waals surface area (Å²) >= 11 is 1.02. The molecule has 0 spiro atoms. The van der Waals surface area contributed by atoms with Crippen molar-refractivity contribution in [3.8, 4) is 29.1 Å². The molecular formula is C27H21N7O4S2. The Kier molecular flexibility index (Phi) is 8.91. The highest BCUT2D eigenvalue weighted by Crippen LogP contribution is 2.37. The molecule has 0 fully saturated rings. The fraction of sp³-hybridized carbons (Fsp3) is 0.111. The lowest BCUT2D eigenvalue weighted by Gasteiger charge is -2.15. The van der Waals surface area contributed by atoms with Crippen LogP contribution in [0.1, 0.15) is 18.1 Å². The number of benzene rings is 2. The SMILES string of the molecule is CCOc1nc(SCC(=O)Nc2ccc(S(=O)(=O)Nc3ncccn3)cc2)c(C#N)c(-c2ccccc2)c1C#N. The summed E-state index contributed by atoms with van der Waals surface area (Å²) in [4.78, 5) is 24.7. The lowest BCUT2D eigenvalue weighted by Crippen LogP contribution is -2.16. The number of carbonyl (C=O) groups excluding carboxylic acids is 1. The van der Waals surface area contributed by atoms with Crippen molar-refractivity contribution in [2.24, 2.45) is 0 Å². The van der Waals surface area contributed by atoms with E-state index < -0.39 is 15.9 Å². The van der Waals surface area contributed by atoms with Gasteiger partial charge >= 0.3 is 0 Å². The maximum Gasteiger partial charge on any atom is 0.264 e. The quantitative estimate of drug-likeness (QED) is 0.263. The Bertz CT molecular complexity index is 1700. The average molecular weight is 572 g/mol. The zero-order chi connectivity index (χ0) is 28.5. The standard InChI is InChI=1S/C27H21N7O4S2/c1-2-38-25-21(15-28)24(18-7-4-3-5-8-18)22(16-29)26(33-25)39-17-23(35)32-19-9-11-20(12-10-19)40(36,37)34-27-30-13-6-14-31-27/h3-14H,2,17H2,1H3,(H,32,35)(H,30,31,34). The van der Waals surface area contributed by atoms with Crippen LogP contribution in [0.5, 0.6) is 5.88 Å². The van der Waals surface area contributed by atoms with E-state index in [0.29, 0.717) is 16.8 Å². The summed E-state index contributed by atoms with van der Waals surface area (Å²) in [5.41, 5.74) is 1.70. The third-order valence-electron chi connectivity index (χ3n) is 5.28. The molecule has 2 aromatic heterocycles. The normalized spacial score (nSPS) is 10.7. The lowest BCUT2D eigenvalue weighted by molar-refractivity contribution is -0.113. The van der Waals surface area contributed by atoms with Crippen molar-refractivity contribution in [2.45, 2.75) is 16.8 Å². The molecule has 0 aliphatic heterocycles. The zero-order valence-electron chi connectivity index (χ0n) is 21.0. The number of ether oxygens (including phenoxy) is 1. The average Bonchev–Trinajstić information content (AvgIpc) is 2.97. The minimum atomic E-state index is -3.92. The smallest absolute Gasteiger partial charge is 0.264 e. The van der Waals surface area contributed by atoms with Crippen LogP contribution >= 0.6 is 11.8 Å². The molecular weight excluding hydrogens is 550 g/mol. The summed E-state index contributed by atoms with van der Waals surface area (Å²) in [6, 6.07) is 20.3. The molecule has 1 amide bonds. The molecule has 0 radical (unpaired) electrons. The van der Waals surface area contributed by atoms with Crippen LogP contribution in [-0.2, 0) is 14.8 Å². The molecule has 40 heavy (non-hydrogen) atoms. The Hall–Kier alpha value is -4.98. The number of carbonyl (C=O) groups is 1. The van der Waals surface area contributed by atoms with Gasteiger partial charge in [-0.15, -0.1) is 0 Å². The number of rotatable bonds is 10. The number of hydrogen-bond donors (Lipinski definition) is 2. The van der Waals surface area contributed by atoms with Gasteiger partial charge < -0.3 is 10.1 Å². The summed E-state index contributed by atoms with van der Waals surface area (Å²) in [6.07, 6.45) is 2.82. The van der Waals surface area contributed by atoms with E-state index in [1.807, 2.05) is 6.07 Å². The molecule has 0 unspecified atom stereocenters. The number of nitrogens with one attached hydrogen (secondary N) is 2. The number of nitriles is 2. The molecule has 11 nitrogen and oxygen atoms in total. The van der Waals surface area contributed by atoms with Crippen LogP contribution in [0, 0.1) is 22.7 Å². The molecule has 0 aliphatic carbocycles. The first-order chi connectivity index (χ1) is 19.4. The van der Waals surface area contributed by atoms with Crippen LogP contribution in [-0.4, -0.2) is 41.6 Å². The van der Waals surface area contributed by atoms with Crippen LogP contribution in [0.3, 0.4) is 0 Å². The monoisotopic (exact) mass is 571 g/mol. The molecule has 0 bridgehead atoms. The third kappa shape index (κ3) is 6.53. The van der Waals surface area contributed by atoms with Gasteiger partial charge in [0.05, 0.1) is 22.8 Å². The maximum absolute atomic E-state index is 12.7. The Morgan fingerprint density at radius 3 is 2.27 bits per heavy atom. The number of amides is 1. The van der Waals surface area contributed by atoms with Crippen molar-refractivity contribution in [1.29, 1.82) is 10.5 Å². The highest BCUT2D eigenvalue weighted by atomic mass is 32.2. The van der Waals surface area contributed by atoms with Gasteiger partial charge in [-0.05, 0) is 42.8 Å². The van der Waals surface area contributed by atoms with Crippen molar-refractivity contribution < 1.29 is 17.9 Å². The molecule has 0 saturated carbocycles. The highest BCUT2D eigenvalue weighted by Gasteiger charge is 2.23. The Labute approximate surface area is 234 Å². The minimum absolute atomic E-state index is 0.0373. The molecule has 0 atom stereocenters. The van der Waals surface area contributed by atoms with Crippen LogP contribution in [0.4, 0.5) is 11.6 Å². The van der Waals surface area contributed by atoms with Crippen molar-refractivity contribution in [3.63, 3.8) is 0 Å². The second-order valence-electron chi connectivity index (χ2n) is 7.91. The molecule has 2 heterocycles. The summed E-state index contributed by atoms with van der Waals surface area (Å²) in [5.74, 6) is -0.504. The Morgan fingerprint density at radius 2 is 1.65 bits per heavy atom. The molecule has 200 valence electrons. The number of anilines is 2. The molecule has 13 heteroatoms. The van der Waals surface area contributed by atoms with Gasteiger partial charge in [-0.25, -0.2) is 28.1 Å². The first-order valence-electron chi connectivity index (χ1n) is 11.7. The lowest BCUT2D eigenvalue weighted by atomic mass is 9.97. The number of sulfonamides is 1. The first-order valence-corrected chi connectivity index (χ1v) is 14.2. The van der Waals surface area contributed by atoms with Gasteiger partial charge in [0.15, 0.2) is 0 Å². The van der Waals surface area contributed by atoms with E-state index in [0.717, 1.165) is 11.8 Å². The largest absolute Gasteiger partial charge is 0.477 e. The molecule has 0 saturated heterocycles. The number of pyridine rings is 1. The van der Waals surface area contributed by atoms with E-state index in [9.17, 15) is 23.7 Å². The number of nitrogens with zero attached hydrogens (tertiary/aromatic N) is 5. The number of thioether (sulfide) groups is 1. The minimum Gasteiger partial charge on any atom is -0.477 e. The fourth-order valence-corrected chi connectivity index (χ4v) is 5.31. The number of aromatic nitrogens is 3. The Morgan fingerprint density at radius 1 is 0.975 bits per heavy atom. The van der Waals surface area contributed by atoms with Gasteiger partial charge in [0.1, 0.15) is 22.7 Å². The van der Waals surface area contributed by atoms with Crippen molar-refractivity contribution >= 4 is 39.3 Å². The second kappa shape index (κ2) is 12.7. The van der Waals surface area contributed by atoms with E-state index in [2.05, 4.69) is 37.1 Å². The van der Waals surface area contributed by atoms with Gasteiger partial charge in [0.25, 0.3) is 10.0 Å². The fourth-order valence-electron chi connectivity index (χ4n) is 3.57. The predicted octanol–water partition coefficient (Wildman–Crippen LogP) is 4.21.